The Bertz CT molecular complexity index is 1960. The van der Waals surface area contributed by atoms with Crippen LogP contribution in [0.25, 0.3) is 21.9 Å². The number of piperazine rings is 1. The van der Waals surface area contributed by atoms with Gasteiger partial charge in [-0.1, -0.05) is 60.7 Å². The molecule has 5 aromatic rings. The molecular formula is C37H35F3N6O2. The zero-order valence-electron chi connectivity index (χ0n) is 26.3. The summed E-state index contributed by atoms with van der Waals surface area (Å²) in [6.07, 6.45) is 1.63. The summed E-state index contributed by atoms with van der Waals surface area (Å²) in [6, 6.07) is 24.7. The van der Waals surface area contributed by atoms with E-state index in [1.54, 1.807) is 18.6 Å². The molecule has 1 saturated heterocycles. The van der Waals surface area contributed by atoms with E-state index in [0.717, 1.165) is 65.1 Å². The fourth-order valence-electron chi connectivity index (χ4n) is 7.22. The van der Waals surface area contributed by atoms with Crippen LogP contribution in [0.1, 0.15) is 29.5 Å². The minimum absolute atomic E-state index is 0.153. The molecule has 1 aliphatic heterocycles. The van der Waals surface area contributed by atoms with Crippen molar-refractivity contribution in [2.24, 2.45) is 0 Å². The van der Waals surface area contributed by atoms with Crippen molar-refractivity contribution in [2.75, 3.05) is 44.2 Å². The number of pyridine rings is 1. The second kappa shape index (κ2) is 12.9. The normalized spacial score (nSPS) is 15.7. The Kier molecular flexibility index (Phi) is 8.47. The van der Waals surface area contributed by atoms with Crippen LogP contribution in [0.15, 0.2) is 102 Å². The third kappa shape index (κ3) is 6.06. The summed E-state index contributed by atoms with van der Waals surface area (Å²) >= 11 is 0. The summed E-state index contributed by atoms with van der Waals surface area (Å²) < 4.78 is 41.1. The molecule has 0 unspecified atom stereocenters. The maximum atomic E-state index is 13.8. The number of amides is 1. The highest BCUT2D eigenvalue weighted by Crippen LogP contribution is 2.51. The van der Waals surface area contributed by atoms with Crippen molar-refractivity contribution in [3.63, 3.8) is 0 Å². The van der Waals surface area contributed by atoms with Crippen LogP contribution >= 0.6 is 0 Å². The van der Waals surface area contributed by atoms with Crippen molar-refractivity contribution in [1.29, 1.82) is 0 Å². The molecule has 246 valence electrons. The monoisotopic (exact) mass is 652 g/mol. The number of alkyl halides is 3. The van der Waals surface area contributed by atoms with Gasteiger partial charge >= 0.3 is 6.18 Å². The van der Waals surface area contributed by atoms with Crippen LogP contribution in [0, 0.1) is 0 Å². The van der Waals surface area contributed by atoms with Crippen LogP contribution in [0.2, 0.25) is 0 Å². The van der Waals surface area contributed by atoms with E-state index in [-0.39, 0.29) is 5.56 Å². The van der Waals surface area contributed by atoms with E-state index in [1.165, 1.54) is 4.68 Å². The summed E-state index contributed by atoms with van der Waals surface area (Å²) in [5, 5.41) is 7.97. The van der Waals surface area contributed by atoms with Crippen molar-refractivity contribution in [1.82, 2.24) is 25.0 Å². The number of hydrogen-bond donors (Lipinski definition) is 1. The Labute approximate surface area is 275 Å². The van der Waals surface area contributed by atoms with Gasteiger partial charge in [0, 0.05) is 49.6 Å². The van der Waals surface area contributed by atoms with Gasteiger partial charge in [-0.15, -0.1) is 0 Å². The second-order valence-electron chi connectivity index (χ2n) is 12.5. The first-order chi connectivity index (χ1) is 23.2. The predicted molar refractivity (Wildman–Crippen MR) is 179 cm³/mol. The van der Waals surface area contributed by atoms with Crippen molar-refractivity contribution in [3.05, 3.63) is 124 Å². The van der Waals surface area contributed by atoms with Gasteiger partial charge in [0.1, 0.15) is 12.0 Å². The highest BCUT2D eigenvalue weighted by molar-refractivity contribution is 6.00. The molecule has 0 saturated carbocycles. The minimum atomic E-state index is -4.51. The topological polar surface area (TPSA) is 83.4 Å². The Morgan fingerprint density at radius 2 is 1.58 bits per heavy atom. The van der Waals surface area contributed by atoms with E-state index in [9.17, 15) is 22.8 Å². The molecule has 2 aromatic heterocycles. The number of anilines is 1. The molecule has 8 nitrogen and oxygen atoms in total. The molecule has 3 heterocycles. The number of carbonyl (C=O) groups is 1. The lowest BCUT2D eigenvalue weighted by atomic mass is 9.73. The number of benzene rings is 3. The molecule has 0 atom stereocenters. The van der Waals surface area contributed by atoms with Gasteiger partial charge in [-0.25, -0.2) is 4.68 Å². The zero-order chi connectivity index (χ0) is 33.3. The van der Waals surface area contributed by atoms with Crippen LogP contribution in [0.4, 0.5) is 18.9 Å². The van der Waals surface area contributed by atoms with Gasteiger partial charge in [0.25, 0.3) is 5.56 Å². The smallest absolute Gasteiger partial charge is 0.369 e. The van der Waals surface area contributed by atoms with E-state index in [2.05, 4.69) is 25.2 Å². The standard InChI is InChI=1S/C37H35F3N6O2/c38-37(39,40)25-42-35(48)36(32-10-3-1-8-29(32)30-9-2-4-11-33(30)36)14-6-16-44-17-19-45(20-18-44)28-13-12-27-23-43-46(34(47)31(27)21-28)24-26-7-5-15-41-22-26/h1-5,7-13,15,21-23H,6,14,16-20,24-25H2,(H,42,48). The van der Waals surface area contributed by atoms with Crippen LogP contribution in [-0.4, -0.2) is 71.0 Å². The number of hydrogen-bond acceptors (Lipinski definition) is 6. The highest BCUT2D eigenvalue weighted by atomic mass is 19.4. The number of nitrogens with zero attached hydrogens (tertiary/aromatic N) is 5. The SMILES string of the molecule is O=C(NCC(F)(F)F)C1(CCCN2CCN(c3ccc4cnn(Cc5cccnc5)c(=O)c4c3)CC2)c2ccccc2-c2ccccc21. The molecule has 0 bridgehead atoms. The van der Waals surface area contributed by atoms with Crippen LogP contribution < -0.4 is 15.8 Å². The van der Waals surface area contributed by atoms with Crippen molar-refractivity contribution >= 4 is 22.4 Å². The molecule has 48 heavy (non-hydrogen) atoms. The van der Waals surface area contributed by atoms with E-state index in [0.29, 0.717) is 31.3 Å². The molecule has 3 aromatic carbocycles. The third-order valence-corrected chi connectivity index (χ3v) is 9.56. The van der Waals surface area contributed by atoms with Gasteiger partial charge in [-0.3, -0.25) is 19.5 Å². The molecule has 11 heteroatoms. The average Bonchev–Trinajstić information content (AvgIpc) is 3.39. The first kappa shape index (κ1) is 31.6. The van der Waals surface area contributed by atoms with Crippen molar-refractivity contribution in [2.45, 2.75) is 31.0 Å². The lowest BCUT2D eigenvalue weighted by Crippen LogP contribution is -2.48. The average molecular weight is 653 g/mol. The van der Waals surface area contributed by atoms with Gasteiger partial charge in [-0.05, 0) is 65.4 Å². The van der Waals surface area contributed by atoms with Gasteiger partial charge in [0.15, 0.2) is 0 Å². The first-order valence-electron chi connectivity index (χ1n) is 16.1. The van der Waals surface area contributed by atoms with Gasteiger partial charge in [-0.2, -0.15) is 18.3 Å². The lowest BCUT2D eigenvalue weighted by molar-refractivity contribution is -0.141. The number of aromatic nitrogens is 3. The highest BCUT2D eigenvalue weighted by Gasteiger charge is 2.49. The van der Waals surface area contributed by atoms with E-state index >= 15 is 0 Å². The lowest BCUT2D eigenvalue weighted by Gasteiger charge is -2.37. The summed E-state index contributed by atoms with van der Waals surface area (Å²) in [7, 11) is 0. The minimum Gasteiger partial charge on any atom is -0.369 e. The molecule has 1 fully saturated rings. The fourth-order valence-corrected chi connectivity index (χ4v) is 7.22. The number of carbonyl (C=O) groups excluding carboxylic acids is 1. The third-order valence-electron chi connectivity index (χ3n) is 9.56. The Hall–Kier alpha value is -5.03. The van der Waals surface area contributed by atoms with Gasteiger partial charge in [0.2, 0.25) is 5.91 Å². The Morgan fingerprint density at radius 1 is 0.875 bits per heavy atom. The summed E-state index contributed by atoms with van der Waals surface area (Å²) in [6.45, 7) is 2.74. The van der Waals surface area contributed by atoms with Gasteiger partial charge in [0.05, 0.1) is 18.1 Å². The van der Waals surface area contributed by atoms with E-state index in [1.807, 2.05) is 78.9 Å². The largest absolute Gasteiger partial charge is 0.405 e. The first-order valence-corrected chi connectivity index (χ1v) is 16.1. The van der Waals surface area contributed by atoms with E-state index < -0.39 is 24.0 Å². The maximum Gasteiger partial charge on any atom is 0.405 e. The number of halogens is 3. The molecule has 1 N–H and O–H groups in total. The second-order valence-corrected chi connectivity index (χ2v) is 12.5. The number of fused-ring (bicyclic) bond motifs is 4. The van der Waals surface area contributed by atoms with Crippen molar-refractivity contribution in [3.8, 4) is 11.1 Å². The molecule has 7 rings (SSSR count). The molecule has 2 aliphatic rings. The quantitative estimate of drug-likeness (QED) is 0.230. The van der Waals surface area contributed by atoms with Crippen LogP contribution in [0.3, 0.4) is 0 Å². The van der Waals surface area contributed by atoms with Crippen LogP contribution in [0.5, 0.6) is 0 Å². The number of rotatable bonds is 9. The molecule has 1 aliphatic carbocycles. The molecule has 0 radical (unpaired) electrons. The maximum absolute atomic E-state index is 13.8. The van der Waals surface area contributed by atoms with Crippen LogP contribution in [-0.2, 0) is 16.8 Å². The molecule has 0 spiro atoms. The van der Waals surface area contributed by atoms with Crippen molar-refractivity contribution < 1.29 is 18.0 Å². The summed E-state index contributed by atoms with van der Waals surface area (Å²) in [5.41, 5.74) is 3.79. The molecular weight excluding hydrogens is 617 g/mol. The predicted octanol–water partition coefficient (Wildman–Crippen LogP) is 5.39. The Balaban J connectivity index is 1.04. The van der Waals surface area contributed by atoms with Gasteiger partial charge < -0.3 is 10.2 Å². The molecule has 1 amide bonds. The summed E-state index contributed by atoms with van der Waals surface area (Å²) in [5.74, 6) is -0.618. The number of nitrogens with one attached hydrogen (secondary N) is 1. The fraction of sp³-hybridized carbons (Fsp3) is 0.297. The Morgan fingerprint density at radius 3 is 2.25 bits per heavy atom. The zero-order valence-corrected chi connectivity index (χ0v) is 26.3. The van der Waals surface area contributed by atoms with E-state index in [4.69, 9.17) is 0 Å². The summed E-state index contributed by atoms with van der Waals surface area (Å²) in [4.78, 5) is 35.8.